The van der Waals surface area contributed by atoms with Crippen molar-refractivity contribution in [2.45, 2.75) is 69.9 Å². The molecule has 1 aromatic rings. The SMILES string of the molecule is CCCCOC(=O)c1nc[nH]c1C[C@H](N)C(=O)[C@@H](CN)C(O)(C(=O)O)C1CCCCC1. The summed E-state index contributed by atoms with van der Waals surface area (Å²) in [7, 11) is 0. The molecule has 174 valence electrons. The maximum Gasteiger partial charge on any atom is 0.358 e. The minimum atomic E-state index is -2.28. The Morgan fingerprint density at radius 3 is 2.58 bits per heavy atom. The summed E-state index contributed by atoms with van der Waals surface area (Å²) < 4.78 is 5.16. The Labute approximate surface area is 181 Å². The summed E-state index contributed by atoms with van der Waals surface area (Å²) >= 11 is 0. The number of esters is 1. The Morgan fingerprint density at radius 1 is 1.32 bits per heavy atom. The van der Waals surface area contributed by atoms with Gasteiger partial charge in [-0.2, -0.15) is 0 Å². The fraction of sp³-hybridized carbons (Fsp3) is 0.714. The van der Waals surface area contributed by atoms with E-state index in [0.29, 0.717) is 18.5 Å². The fourth-order valence-corrected chi connectivity index (χ4v) is 4.27. The molecule has 0 saturated heterocycles. The minimum Gasteiger partial charge on any atom is -0.479 e. The molecule has 0 radical (unpaired) electrons. The lowest BCUT2D eigenvalue weighted by Gasteiger charge is -2.40. The van der Waals surface area contributed by atoms with Crippen LogP contribution in [0.5, 0.6) is 0 Å². The summed E-state index contributed by atoms with van der Waals surface area (Å²) in [6.07, 6.45) is 6.36. The molecule has 10 nitrogen and oxygen atoms in total. The molecule has 0 bridgehead atoms. The first-order chi connectivity index (χ1) is 14.8. The lowest BCUT2D eigenvalue weighted by molar-refractivity contribution is -0.178. The number of aromatic amines is 1. The molecule has 1 aliphatic rings. The lowest BCUT2D eigenvalue weighted by Crippen LogP contribution is -2.60. The fourth-order valence-electron chi connectivity index (χ4n) is 4.27. The highest BCUT2D eigenvalue weighted by atomic mass is 16.5. The molecule has 7 N–H and O–H groups in total. The number of Topliss-reactive ketones (excluding diaryl/α,β-unsaturated/α-hetero) is 1. The Morgan fingerprint density at radius 2 is 2.00 bits per heavy atom. The highest BCUT2D eigenvalue weighted by Crippen LogP contribution is 2.38. The first kappa shape index (κ1) is 25.0. The molecule has 0 spiro atoms. The number of hydrogen-bond acceptors (Lipinski definition) is 8. The molecule has 10 heteroatoms. The zero-order chi connectivity index (χ0) is 23.0. The van der Waals surface area contributed by atoms with Crippen molar-refractivity contribution in [3.8, 4) is 0 Å². The number of ether oxygens (including phenoxy) is 1. The highest BCUT2D eigenvalue weighted by molar-refractivity contribution is 5.94. The van der Waals surface area contributed by atoms with Gasteiger partial charge in [0.2, 0.25) is 0 Å². The van der Waals surface area contributed by atoms with Gasteiger partial charge in [0, 0.05) is 13.0 Å². The number of nitrogens with two attached hydrogens (primary N) is 2. The molecule has 1 unspecified atom stereocenters. The largest absolute Gasteiger partial charge is 0.479 e. The number of carbonyl (C=O) groups is 3. The molecule has 2 rings (SSSR count). The highest BCUT2D eigenvalue weighted by Gasteiger charge is 2.53. The molecule has 3 atom stereocenters. The number of nitrogens with zero attached hydrogens (tertiary/aromatic N) is 1. The van der Waals surface area contributed by atoms with E-state index in [-0.39, 0.29) is 25.3 Å². The van der Waals surface area contributed by atoms with Gasteiger partial charge in [-0.25, -0.2) is 14.6 Å². The molecule has 0 aliphatic heterocycles. The zero-order valence-electron chi connectivity index (χ0n) is 18.0. The monoisotopic (exact) mass is 438 g/mol. The summed E-state index contributed by atoms with van der Waals surface area (Å²) in [5.41, 5.74) is 9.93. The molecule has 1 fully saturated rings. The number of ketones is 1. The maximum atomic E-state index is 13.1. The predicted molar refractivity (Wildman–Crippen MR) is 112 cm³/mol. The summed E-state index contributed by atoms with van der Waals surface area (Å²) in [4.78, 5) is 44.1. The van der Waals surface area contributed by atoms with Crippen LogP contribution in [0.4, 0.5) is 0 Å². The Bertz CT molecular complexity index is 761. The summed E-state index contributed by atoms with van der Waals surface area (Å²) in [5.74, 6) is -4.66. The van der Waals surface area contributed by atoms with Gasteiger partial charge in [-0.05, 0) is 25.2 Å². The van der Waals surface area contributed by atoms with E-state index in [0.717, 1.165) is 32.1 Å². The summed E-state index contributed by atoms with van der Waals surface area (Å²) in [6.45, 7) is 1.88. The number of rotatable bonds is 12. The Hall–Kier alpha value is -2.30. The van der Waals surface area contributed by atoms with Crippen LogP contribution in [-0.2, 0) is 20.7 Å². The van der Waals surface area contributed by atoms with Crippen LogP contribution in [0, 0.1) is 11.8 Å². The quantitative estimate of drug-likeness (QED) is 0.232. The van der Waals surface area contributed by atoms with Crippen molar-refractivity contribution >= 4 is 17.7 Å². The number of aromatic nitrogens is 2. The number of aliphatic carboxylic acids is 1. The number of nitrogens with one attached hydrogen (secondary N) is 1. The average molecular weight is 439 g/mol. The van der Waals surface area contributed by atoms with E-state index in [1.807, 2.05) is 6.92 Å². The Balaban J connectivity index is 2.16. The van der Waals surface area contributed by atoms with Crippen LogP contribution in [0.3, 0.4) is 0 Å². The van der Waals surface area contributed by atoms with Gasteiger partial charge >= 0.3 is 11.9 Å². The third-order valence-corrected chi connectivity index (χ3v) is 6.11. The first-order valence-electron chi connectivity index (χ1n) is 10.9. The predicted octanol–water partition coefficient (Wildman–Crippen LogP) is 0.776. The van der Waals surface area contributed by atoms with E-state index in [1.165, 1.54) is 6.33 Å². The second-order valence-electron chi connectivity index (χ2n) is 8.19. The van der Waals surface area contributed by atoms with Crippen molar-refractivity contribution in [1.82, 2.24) is 9.97 Å². The van der Waals surface area contributed by atoms with Gasteiger partial charge < -0.3 is 31.4 Å². The third kappa shape index (κ3) is 5.69. The van der Waals surface area contributed by atoms with E-state index in [9.17, 15) is 24.6 Å². The number of aliphatic hydroxyl groups is 1. The lowest BCUT2D eigenvalue weighted by atomic mass is 9.68. The normalized spacial score (nSPS) is 18.7. The van der Waals surface area contributed by atoms with Crippen LogP contribution in [0.1, 0.15) is 68.1 Å². The number of carbonyl (C=O) groups excluding carboxylic acids is 2. The van der Waals surface area contributed by atoms with Crippen molar-refractivity contribution in [2.24, 2.45) is 23.3 Å². The van der Waals surface area contributed by atoms with E-state index >= 15 is 0 Å². The van der Waals surface area contributed by atoms with Crippen LogP contribution in [0.25, 0.3) is 0 Å². The van der Waals surface area contributed by atoms with Gasteiger partial charge in [-0.3, -0.25) is 4.79 Å². The van der Waals surface area contributed by atoms with Crippen LogP contribution in [0.15, 0.2) is 6.33 Å². The number of imidazole rings is 1. The average Bonchev–Trinajstić information content (AvgIpc) is 3.22. The van der Waals surface area contributed by atoms with Crippen LogP contribution in [-0.4, -0.2) is 62.7 Å². The zero-order valence-corrected chi connectivity index (χ0v) is 18.0. The molecule has 1 aromatic heterocycles. The van der Waals surface area contributed by atoms with Crippen molar-refractivity contribution in [2.75, 3.05) is 13.2 Å². The van der Waals surface area contributed by atoms with Crippen molar-refractivity contribution in [3.05, 3.63) is 17.7 Å². The molecule has 0 amide bonds. The van der Waals surface area contributed by atoms with E-state index in [1.54, 1.807) is 0 Å². The van der Waals surface area contributed by atoms with E-state index < -0.39 is 41.2 Å². The van der Waals surface area contributed by atoms with Crippen LogP contribution >= 0.6 is 0 Å². The maximum absolute atomic E-state index is 13.1. The molecule has 0 aromatic carbocycles. The minimum absolute atomic E-state index is 0.0319. The van der Waals surface area contributed by atoms with Crippen molar-refractivity contribution in [3.63, 3.8) is 0 Å². The van der Waals surface area contributed by atoms with Gasteiger partial charge in [0.25, 0.3) is 0 Å². The number of unbranched alkanes of at least 4 members (excludes halogenated alkanes) is 1. The van der Waals surface area contributed by atoms with Gasteiger partial charge in [0.15, 0.2) is 17.1 Å². The summed E-state index contributed by atoms with van der Waals surface area (Å²) in [5, 5.41) is 20.9. The van der Waals surface area contributed by atoms with Crippen LogP contribution < -0.4 is 11.5 Å². The molecular weight excluding hydrogens is 404 g/mol. The first-order valence-corrected chi connectivity index (χ1v) is 10.9. The third-order valence-electron chi connectivity index (χ3n) is 6.11. The van der Waals surface area contributed by atoms with Crippen molar-refractivity contribution in [1.29, 1.82) is 0 Å². The molecule has 1 aliphatic carbocycles. The van der Waals surface area contributed by atoms with E-state index in [4.69, 9.17) is 16.2 Å². The number of carboxylic acid groups (broad SMARTS) is 1. The van der Waals surface area contributed by atoms with Gasteiger partial charge in [0.1, 0.15) is 0 Å². The number of H-pyrrole nitrogens is 1. The van der Waals surface area contributed by atoms with Gasteiger partial charge in [0.05, 0.1) is 30.6 Å². The van der Waals surface area contributed by atoms with E-state index in [2.05, 4.69) is 9.97 Å². The topological polar surface area (TPSA) is 182 Å². The summed E-state index contributed by atoms with van der Waals surface area (Å²) in [6, 6.07) is -1.18. The molecular formula is C21H34N4O6. The van der Waals surface area contributed by atoms with Crippen molar-refractivity contribution < 1.29 is 29.3 Å². The van der Waals surface area contributed by atoms with Crippen LogP contribution in [0.2, 0.25) is 0 Å². The second kappa shape index (κ2) is 11.4. The van der Waals surface area contributed by atoms with Gasteiger partial charge in [-0.15, -0.1) is 0 Å². The number of hydrogen-bond donors (Lipinski definition) is 5. The second-order valence-corrected chi connectivity index (χ2v) is 8.19. The number of carboxylic acids is 1. The molecule has 31 heavy (non-hydrogen) atoms. The standard InChI is InChI=1S/C21H34N4O6/c1-2-3-9-31-19(27)17-16(24-12-25-17)10-15(23)18(26)14(11-22)21(30,20(28)29)13-7-5-4-6-8-13/h12-15,30H,2-11,22-23H2,1H3,(H,24,25)(H,28,29)/t14-,15+,21?/m1/s1. The molecule has 1 saturated carbocycles. The van der Waals surface area contributed by atoms with Gasteiger partial charge in [-0.1, -0.05) is 32.6 Å². The smallest absolute Gasteiger partial charge is 0.358 e. The molecule has 1 heterocycles. The Kier molecular flexibility index (Phi) is 9.15.